The maximum Gasteiger partial charge on any atom is 0.244 e. The van der Waals surface area contributed by atoms with Crippen molar-refractivity contribution in [3.63, 3.8) is 0 Å². The van der Waals surface area contributed by atoms with E-state index < -0.39 is 0 Å². The minimum absolute atomic E-state index is 0.128. The van der Waals surface area contributed by atoms with Crippen LogP contribution >= 0.6 is 0 Å². The zero-order valence-electron chi connectivity index (χ0n) is 10.6. The number of hydrogen-bond donors (Lipinski definition) is 3. The number of amides is 1. The zero-order chi connectivity index (χ0) is 13.4. The molecule has 0 heterocycles. The molecule has 1 aromatic rings. The highest BCUT2D eigenvalue weighted by Gasteiger charge is 2.02. The lowest BCUT2D eigenvalue weighted by atomic mass is 10.1. The fraction of sp³-hybridized carbons (Fsp3) is 0.357. The van der Waals surface area contributed by atoms with Gasteiger partial charge in [0.15, 0.2) is 0 Å². The van der Waals surface area contributed by atoms with Crippen molar-refractivity contribution < 1.29 is 9.90 Å². The molecule has 0 saturated heterocycles. The van der Waals surface area contributed by atoms with Gasteiger partial charge in [0, 0.05) is 24.9 Å². The van der Waals surface area contributed by atoms with E-state index in [0.717, 1.165) is 5.56 Å². The number of nitrogens with one attached hydrogen (secondary N) is 1. The monoisotopic (exact) mass is 248 g/mol. The van der Waals surface area contributed by atoms with E-state index >= 15 is 0 Å². The Hall–Kier alpha value is -1.81. The number of rotatable bonds is 6. The van der Waals surface area contributed by atoms with Gasteiger partial charge in [0.1, 0.15) is 0 Å². The lowest BCUT2D eigenvalue weighted by molar-refractivity contribution is -0.116. The lowest BCUT2D eigenvalue weighted by Gasteiger charge is -2.09. The molecule has 0 fully saturated rings. The molecule has 4 nitrogen and oxygen atoms in total. The van der Waals surface area contributed by atoms with Crippen LogP contribution in [0.25, 0.3) is 6.08 Å². The number of aliphatic hydroxyl groups is 1. The van der Waals surface area contributed by atoms with Gasteiger partial charge in [-0.25, -0.2) is 0 Å². The van der Waals surface area contributed by atoms with Gasteiger partial charge in [0.05, 0.1) is 0 Å². The molecule has 4 heteroatoms. The minimum atomic E-state index is -0.128. The number of benzene rings is 1. The average molecular weight is 248 g/mol. The summed E-state index contributed by atoms with van der Waals surface area (Å²) in [4.78, 5) is 11.5. The third kappa shape index (κ3) is 5.50. The van der Waals surface area contributed by atoms with E-state index in [9.17, 15) is 4.79 Å². The fourth-order valence-corrected chi connectivity index (χ4v) is 1.44. The van der Waals surface area contributed by atoms with Gasteiger partial charge in [-0.3, -0.25) is 4.79 Å². The topological polar surface area (TPSA) is 75.3 Å². The summed E-state index contributed by atoms with van der Waals surface area (Å²) in [5.74, 6) is 0.153. The van der Waals surface area contributed by atoms with Crippen molar-refractivity contribution in [1.82, 2.24) is 5.32 Å². The molecule has 0 spiro atoms. The highest BCUT2D eigenvalue weighted by Crippen LogP contribution is 2.06. The smallest absolute Gasteiger partial charge is 0.244 e. The van der Waals surface area contributed by atoms with Gasteiger partial charge in [-0.15, -0.1) is 0 Å². The predicted octanol–water partition coefficient (Wildman–Crippen LogP) is 1.42. The zero-order valence-corrected chi connectivity index (χ0v) is 10.6. The third-order valence-electron chi connectivity index (χ3n) is 2.61. The summed E-state index contributed by atoms with van der Waals surface area (Å²) < 4.78 is 0. The molecule has 1 amide bonds. The van der Waals surface area contributed by atoms with Crippen LogP contribution in [0.3, 0.4) is 0 Å². The highest BCUT2D eigenvalue weighted by atomic mass is 16.3. The number of nitrogens with two attached hydrogens (primary N) is 1. The molecule has 0 saturated carbocycles. The Morgan fingerprint density at radius 1 is 1.44 bits per heavy atom. The molecule has 1 atom stereocenters. The van der Waals surface area contributed by atoms with Gasteiger partial charge >= 0.3 is 0 Å². The Morgan fingerprint density at radius 2 is 2.11 bits per heavy atom. The molecule has 0 bridgehead atoms. The van der Waals surface area contributed by atoms with Crippen LogP contribution in [-0.4, -0.2) is 24.2 Å². The Balaban J connectivity index is 2.37. The minimum Gasteiger partial charge on any atom is -0.399 e. The van der Waals surface area contributed by atoms with Crippen LogP contribution in [0.5, 0.6) is 0 Å². The largest absolute Gasteiger partial charge is 0.399 e. The van der Waals surface area contributed by atoms with Crippen LogP contribution in [0.15, 0.2) is 30.3 Å². The number of nitrogen functional groups attached to an aromatic ring is 1. The molecule has 1 aromatic carbocycles. The normalized spacial score (nSPS) is 12.6. The first-order chi connectivity index (χ1) is 8.61. The van der Waals surface area contributed by atoms with Crippen molar-refractivity contribution in [2.75, 3.05) is 18.9 Å². The molecule has 98 valence electrons. The summed E-state index contributed by atoms with van der Waals surface area (Å²) in [5, 5.41) is 11.5. The van der Waals surface area contributed by atoms with Crippen LogP contribution in [0, 0.1) is 5.92 Å². The Morgan fingerprint density at radius 3 is 2.72 bits per heavy atom. The predicted molar refractivity (Wildman–Crippen MR) is 73.8 cm³/mol. The van der Waals surface area contributed by atoms with Crippen LogP contribution < -0.4 is 11.1 Å². The summed E-state index contributed by atoms with van der Waals surface area (Å²) in [5.41, 5.74) is 7.20. The van der Waals surface area contributed by atoms with Crippen molar-refractivity contribution in [3.05, 3.63) is 35.9 Å². The van der Waals surface area contributed by atoms with Crippen LogP contribution in [0.4, 0.5) is 5.69 Å². The molecule has 0 aliphatic carbocycles. The Kier molecular flexibility index (Phi) is 5.94. The van der Waals surface area contributed by atoms with E-state index in [-0.39, 0.29) is 18.4 Å². The summed E-state index contributed by atoms with van der Waals surface area (Å²) >= 11 is 0. The van der Waals surface area contributed by atoms with Crippen molar-refractivity contribution >= 4 is 17.7 Å². The first kappa shape index (κ1) is 14.3. The quantitative estimate of drug-likeness (QED) is 0.526. The standard InChI is InChI=1S/C14H20N2O2/c1-11(8-9-17)10-16-14(18)7-4-12-2-5-13(15)6-3-12/h2-7,11,17H,8-10,15H2,1H3,(H,16,18)/b7-4+. The molecule has 0 aromatic heterocycles. The summed E-state index contributed by atoms with van der Waals surface area (Å²) in [6, 6.07) is 7.29. The van der Waals surface area contributed by atoms with Crippen molar-refractivity contribution in [3.8, 4) is 0 Å². The number of aliphatic hydroxyl groups excluding tert-OH is 1. The van der Waals surface area contributed by atoms with E-state index in [2.05, 4.69) is 5.32 Å². The molecular weight excluding hydrogens is 228 g/mol. The van der Waals surface area contributed by atoms with Gasteiger partial charge in [0.2, 0.25) is 5.91 Å². The van der Waals surface area contributed by atoms with Gasteiger partial charge in [-0.2, -0.15) is 0 Å². The maximum absolute atomic E-state index is 11.5. The van der Waals surface area contributed by atoms with E-state index in [0.29, 0.717) is 18.7 Å². The van der Waals surface area contributed by atoms with Crippen molar-refractivity contribution in [1.29, 1.82) is 0 Å². The molecule has 18 heavy (non-hydrogen) atoms. The van der Waals surface area contributed by atoms with E-state index in [1.54, 1.807) is 18.2 Å². The van der Waals surface area contributed by atoms with Crippen LogP contribution in [0.1, 0.15) is 18.9 Å². The third-order valence-corrected chi connectivity index (χ3v) is 2.61. The van der Waals surface area contributed by atoms with Crippen molar-refractivity contribution in [2.24, 2.45) is 5.92 Å². The summed E-state index contributed by atoms with van der Waals surface area (Å²) in [6.07, 6.45) is 3.94. The molecule has 1 rings (SSSR count). The van der Waals surface area contributed by atoms with Gasteiger partial charge < -0.3 is 16.2 Å². The summed E-state index contributed by atoms with van der Waals surface area (Å²) in [7, 11) is 0. The second-order valence-corrected chi connectivity index (χ2v) is 4.36. The highest BCUT2D eigenvalue weighted by molar-refractivity contribution is 5.91. The summed E-state index contributed by atoms with van der Waals surface area (Å²) in [6.45, 7) is 2.71. The second kappa shape index (κ2) is 7.50. The molecule has 1 unspecified atom stereocenters. The molecular formula is C14H20N2O2. The fourth-order valence-electron chi connectivity index (χ4n) is 1.44. The van der Waals surface area contributed by atoms with Gasteiger partial charge in [-0.1, -0.05) is 19.1 Å². The first-order valence-electron chi connectivity index (χ1n) is 6.04. The van der Waals surface area contributed by atoms with E-state index in [1.807, 2.05) is 19.1 Å². The number of carbonyl (C=O) groups excluding carboxylic acids is 1. The van der Waals surface area contributed by atoms with E-state index in [4.69, 9.17) is 10.8 Å². The van der Waals surface area contributed by atoms with Crippen LogP contribution in [-0.2, 0) is 4.79 Å². The molecule has 0 aliphatic rings. The first-order valence-corrected chi connectivity index (χ1v) is 6.04. The van der Waals surface area contributed by atoms with Gasteiger partial charge in [0.25, 0.3) is 0 Å². The average Bonchev–Trinajstić information content (AvgIpc) is 2.36. The van der Waals surface area contributed by atoms with Gasteiger partial charge in [-0.05, 0) is 36.1 Å². The van der Waals surface area contributed by atoms with Crippen molar-refractivity contribution in [2.45, 2.75) is 13.3 Å². The SMILES string of the molecule is CC(CCO)CNC(=O)/C=C/c1ccc(N)cc1. The number of anilines is 1. The maximum atomic E-state index is 11.5. The second-order valence-electron chi connectivity index (χ2n) is 4.36. The van der Waals surface area contributed by atoms with Crippen LogP contribution in [0.2, 0.25) is 0 Å². The number of carbonyl (C=O) groups is 1. The van der Waals surface area contributed by atoms with E-state index in [1.165, 1.54) is 6.08 Å². The lowest BCUT2D eigenvalue weighted by Crippen LogP contribution is -2.26. The Labute approximate surface area is 108 Å². The molecule has 0 radical (unpaired) electrons. The molecule has 0 aliphatic heterocycles. The molecule has 4 N–H and O–H groups in total. The number of hydrogen-bond acceptors (Lipinski definition) is 3. The Bertz CT molecular complexity index is 399.